The minimum atomic E-state index is -1.09. The molecule has 1 N–H and O–H groups in total. The number of nitrogens with zero attached hydrogens (tertiary/aromatic N) is 3. The van der Waals surface area contributed by atoms with E-state index in [1.807, 2.05) is 22.6 Å². The van der Waals surface area contributed by atoms with Gasteiger partial charge in [-0.1, -0.05) is 6.07 Å². The highest BCUT2D eigenvalue weighted by molar-refractivity contribution is 14.1. The Hall–Kier alpha value is -3.07. The molecule has 0 unspecified atom stereocenters. The van der Waals surface area contributed by atoms with Crippen molar-refractivity contribution in [2.75, 3.05) is 5.32 Å². The van der Waals surface area contributed by atoms with Crippen molar-refractivity contribution in [2.24, 2.45) is 0 Å². The molecular formula is C20H21IN4O8. The maximum atomic E-state index is 12.7. The van der Waals surface area contributed by atoms with Gasteiger partial charge >= 0.3 is 23.7 Å². The molecule has 3 rings (SSSR count). The number of pyridine rings is 1. The minimum Gasteiger partial charge on any atom is -0.456 e. The molecule has 0 aliphatic carbocycles. The number of halogens is 1. The van der Waals surface area contributed by atoms with Crippen LogP contribution in [0.1, 0.15) is 32.6 Å². The fourth-order valence-electron chi connectivity index (χ4n) is 3.18. The van der Waals surface area contributed by atoms with E-state index in [0.29, 0.717) is 9.13 Å². The van der Waals surface area contributed by atoms with E-state index in [0.717, 1.165) is 4.57 Å². The predicted molar refractivity (Wildman–Crippen MR) is 120 cm³/mol. The van der Waals surface area contributed by atoms with Gasteiger partial charge in [0.05, 0.1) is 9.67 Å². The quantitative estimate of drug-likeness (QED) is 0.309. The first-order valence-electron chi connectivity index (χ1n) is 9.77. The maximum Gasteiger partial charge on any atom is 0.413 e. The number of rotatable bonds is 6. The Labute approximate surface area is 201 Å². The summed E-state index contributed by atoms with van der Waals surface area (Å²) in [6.07, 6.45) is 0.000740. The van der Waals surface area contributed by atoms with Gasteiger partial charge in [0.2, 0.25) is 0 Å². The van der Waals surface area contributed by atoms with Gasteiger partial charge in [0.15, 0.2) is 24.3 Å². The molecule has 33 heavy (non-hydrogen) atoms. The average Bonchev–Trinajstić information content (AvgIpc) is 3.04. The van der Waals surface area contributed by atoms with E-state index in [1.54, 1.807) is 31.5 Å². The highest BCUT2D eigenvalue weighted by Gasteiger charge is 2.48. The molecule has 1 aliphatic rings. The molecule has 0 bridgehead atoms. The van der Waals surface area contributed by atoms with Crippen molar-refractivity contribution < 1.29 is 33.3 Å². The Morgan fingerprint density at radius 1 is 1.21 bits per heavy atom. The van der Waals surface area contributed by atoms with Crippen LogP contribution in [-0.4, -0.2) is 50.9 Å². The monoisotopic (exact) mass is 572 g/mol. The second kappa shape index (κ2) is 10.7. The summed E-state index contributed by atoms with van der Waals surface area (Å²) in [5, 5.41) is 2.42. The summed E-state index contributed by atoms with van der Waals surface area (Å²) < 4.78 is 22.9. The number of hydrogen-bond donors (Lipinski definition) is 1. The second-order valence-corrected chi connectivity index (χ2v) is 8.23. The molecule has 2 aromatic heterocycles. The Bertz CT molecular complexity index is 1090. The Morgan fingerprint density at radius 3 is 2.55 bits per heavy atom. The molecule has 0 spiro atoms. The zero-order valence-electron chi connectivity index (χ0n) is 17.9. The van der Waals surface area contributed by atoms with E-state index in [1.165, 1.54) is 20.0 Å². The van der Waals surface area contributed by atoms with Gasteiger partial charge in [-0.25, -0.2) is 9.59 Å². The lowest BCUT2D eigenvalue weighted by atomic mass is 10.1. The zero-order chi connectivity index (χ0) is 24.1. The van der Waals surface area contributed by atoms with Crippen molar-refractivity contribution in [3.05, 3.63) is 50.3 Å². The highest BCUT2D eigenvalue weighted by atomic mass is 127. The fourth-order valence-corrected chi connectivity index (χ4v) is 3.74. The zero-order valence-corrected chi connectivity index (χ0v) is 20.0. The average molecular weight is 572 g/mol. The van der Waals surface area contributed by atoms with Crippen LogP contribution in [0.2, 0.25) is 0 Å². The normalized spacial score (nSPS) is 21.8. The summed E-state index contributed by atoms with van der Waals surface area (Å²) in [6.45, 7) is 4.03. The van der Waals surface area contributed by atoms with Crippen LogP contribution < -0.4 is 11.0 Å². The largest absolute Gasteiger partial charge is 0.456 e. The lowest BCUT2D eigenvalue weighted by Gasteiger charge is -2.23. The minimum absolute atomic E-state index is 0.0112. The van der Waals surface area contributed by atoms with Gasteiger partial charge in [0.25, 0.3) is 0 Å². The third kappa shape index (κ3) is 6.25. The Kier molecular flexibility index (Phi) is 7.97. The maximum absolute atomic E-state index is 12.7. The Balaban J connectivity index is 1.78. The molecule has 2 aromatic rings. The van der Waals surface area contributed by atoms with E-state index < -0.39 is 48.3 Å². The third-order valence-electron chi connectivity index (χ3n) is 4.52. The highest BCUT2D eigenvalue weighted by Crippen LogP contribution is 2.33. The van der Waals surface area contributed by atoms with Crippen LogP contribution in [0, 0.1) is 3.57 Å². The summed E-state index contributed by atoms with van der Waals surface area (Å²) in [5.74, 6) is -1.23. The van der Waals surface area contributed by atoms with Crippen molar-refractivity contribution in [3.63, 3.8) is 0 Å². The number of ether oxygens (including phenoxy) is 4. The van der Waals surface area contributed by atoms with E-state index in [2.05, 4.69) is 15.3 Å². The summed E-state index contributed by atoms with van der Waals surface area (Å²) >= 11 is 1.87. The molecule has 0 radical (unpaired) electrons. The van der Waals surface area contributed by atoms with E-state index in [9.17, 15) is 19.2 Å². The molecule has 1 fully saturated rings. The summed E-state index contributed by atoms with van der Waals surface area (Å²) in [7, 11) is 0. The molecular weight excluding hydrogens is 551 g/mol. The van der Waals surface area contributed by atoms with Gasteiger partial charge in [0, 0.05) is 38.0 Å². The number of esters is 2. The molecule has 1 aliphatic heterocycles. The summed E-state index contributed by atoms with van der Waals surface area (Å²) in [5.41, 5.74) is -0.0899. The first-order chi connectivity index (χ1) is 15.7. The molecule has 12 nitrogen and oxygen atoms in total. The van der Waals surface area contributed by atoms with Crippen molar-refractivity contribution >= 4 is 46.4 Å². The van der Waals surface area contributed by atoms with Gasteiger partial charge in [-0.3, -0.25) is 24.5 Å². The number of carbonyl (C=O) groups excluding carboxylic acids is 3. The number of amides is 1. The number of aromatic nitrogens is 3. The van der Waals surface area contributed by atoms with Gasteiger partial charge in [0.1, 0.15) is 6.61 Å². The molecule has 3 heterocycles. The molecule has 0 saturated carbocycles. The molecule has 176 valence electrons. The molecule has 13 heteroatoms. The Morgan fingerprint density at radius 2 is 1.91 bits per heavy atom. The van der Waals surface area contributed by atoms with E-state index >= 15 is 0 Å². The fraction of sp³-hybridized carbons (Fsp3) is 0.400. The van der Waals surface area contributed by atoms with Crippen LogP contribution in [0.5, 0.6) is 0 Å². The lowest BCUT2D eigenvalue weighted by Crippen LogP contribution is -2.40. The van der Waals surface area contributed by atoms with Crippen LogP contribution in [0.3, 0.4) is 0 Å². The van der Waals surface area contributed by atoms with Crippen LogP contribution in [0.4, 0.5) is 10.6 Å². The van der Waals surface area contributed by atoms with Crippen molar-refractivity contribution in [1.29, 1.82) is 0 Å². The van der Waals surface area contributed by atoms with Crippen LogP contribution in [-0.2, 0) is 35.1 Å². The smallest absolute Gasteiger partial charge is 0.413 e. The number of hydrogen-bond acceptors (Lipinski definition) is 10. The SMILES string of the molecule is CC(=O)O[C@@H]1[C@H](OC(C)=O)[C@@H](C)O[C@H]1n1cc(I)c(NC(=O)OCc2cccnc2)nc1=O. The first-order valence-corrected chi connectivity index (χ1v) is 10.8. The van der Waals surface area contributed by atoms with Crippen molar-refractivity contribution in [3.8, 4) is 0 Å². The summed E-state index contributed by atoms with van der Waals surface area (Å²) in [4.78, 5) is 55.8. The number of anilines is 1. The van der Waals surface area contributed by atoms with E-state index in [4.69, 9.17) is 18.9 Å². The first kappa shape index (κ1) is 24.6. The van der Waals surface area contributed by atoms with Gasteiger partial charge in [-0.2, -0.15) is 4.98 Å². The van der Waals surface area contributed by atoms with Crippen molar-refractivity contribution in [1.82, 2.24) is 14.5 Å². The van der Waals surface area contributed by atoms with Crippen LogP contribution >= 0.6 is 22.6 Å². The number of carbonyl (C=O) groups is 3. The molecule has 1 saturated heterocycles. The molecule has 1 amide bonds. The molecule has 4 atom stereocenters. The topological polar surface area (TPSA) is 148 Å². The van der Waals surface area contributed by atoms with Gasteiger partial charge in [-0.15, -0.1) is 0 Å². The number of nitrogens with one attached hydrogen (secondary N) is 1. The van der Waals surface area contributed by atoms with Gasteiger partial charge < -0.3 is 18.9 Å². The van der Waals surface area contributed by atoms with Crippen LogP contribution in [0.25, 0.3) is 0 Å². The van der Waals surface area contributed by atoms with Crippen molar-refractivity contribution in [2.45, 2.75) is 51.9 Å². The standard InChI is InChI=1S/C20H21IN4O8/c1-10-15(32-11(2)26)16(33-12(3)27)18(31-10)25-8-14(21)17(23-19(25)28)24-20(29)30-9-13-5-4-6-22-7-13/h4-8,10,15-16,18H,9H2,1-3H3,(H,23,24,28,29)/t10-,15-,16-,18-/m1/s1. The third-order valence-corrected chi connectivity index (χ3v) is 5.31. The molecule has 0 aromatic carbocycles. The van der Waals surface area contributed by atoms with Crippen LogP contribution in [0.15, 0.2) is 35.5 Å². The predicted octanol–water partition coefficient (Wildman–Crippen LogP) is 1.77. The second-order valence-electron chi connectivity index (χ2n) is 7.07. The summed E-state index contributed by atoms with van der Waals surface area (Å²) in [6, 6.07) is 3.45. The van der Waals surface area contributed by atoms with E-state index in [-0.39, 0.29) is 12.4 Å². The lowest BCUT2D eigenvalue weighted by molar-refractivity contribution is -0.165. The van der Waals surface area contributed by atoms with Gasteiger partial charge in [-0.05, 0) is 35.6 Å².